The lowest BCUT2D eigenvalue weighted by Gasteiger charge is -2.41. The normalized spacial score (nSPS) is 18.8. The Hall–Kier alpha value is -1.37. The van der Waals surface area contributed by atoms with Crippen molar-refractivity contribution in [3.05, 3.63) is 64.1 Å². The summed E-state index contributed by atoms with van der Waals surface area (Å²) in [6.07, 6.45) is 2.31. The lowest BCUT2D eigenvalue weighted by atomic mass is 9.84. The molecule has 0 radical (unpaired) electrons. The van der Waals surface area contributed by atoms with Crippen molar-refractivity contribution in [1.29, 1.82) is 0 Å². The van der Waals surface area contributed by atoms with Gasteiger partial charge in [-0.15, -0.1) is 0 Å². The molecule has 0 saturated heterocycles. The van der Waals surface area contributed by atoms with Crippen LogP contribution in [0.5, 0.6) is 5.75 Å². The lowest BCUT2D eigenvalue weighted by Crippen LogP contribution is -2.44. The summed E-state index contributed by atoms with van der Waals surface area (Å²) in [6, 6.07) is 14.8. The Morgan fingerprint density at radius 2 is 1.77 bits per heavy atom. The van der Waals surface area contributed by atoms with E-state index in [2.05, 4.69) is 34.5 Å². The van der Waals surface area contributed by atoms with Crippen molar-refractivity contribution in [1.82, 2.24) is 4.72 Å². The van der Waals surface area contributed by atoms with Gasteiger partial charge in [0.2, 0.25) is 10.0 Å². The monoisotopic (exact) mass is 437 g/mol. The Labute approximate surface area is 164 Å². The first-order valence-corrected chi connectivity index (χ1v) is 11.3. The van der Waals surface area contributed by atoms with E-state index in [-0.39, 0.29) is 17.4 Å². The van der Waals surface area contributed by atoms with Crippen LogP contribution in [0.15, 0.2) is 53.0 Å². The molecule has 1 aliphatic rings. The highest BCUT2D eigenvalue weighted by molar-refractivity contribution is 9.10. The maximum atomic E-state index is 12.8. The van der Waals surface area contributed by atoms with Gasteiger partial charge in [-0.1, -0.05) is 60.1 Å². The molecule has 0 fully saturated rings. The molecule has 2 aromatic carbocycles. The summed E-state index contributed by atoms with van der Waals surface area (Å²) < 4.78 is 35.7. The van der Waals surface area contributed by atoms with E-state index in [1.165, 1.54) is 0 Å². The summed E-state index contributed by atoms with van der Waals surface area (Å²) in [5.74, 6) is 0.740. The van der Waals surface area contributed by atoms with Crippen LogP contribution in [0, 0.1) is 0 Å². The molecule has 0 spiro atoms. The number of halogens is 1. The minimum atomic E-state index is -3.48. The van der Waals surface area contributed by atoms with Crippen molar-refractivity contribution in [2.75, 3.05) is 0 Å². The van der Waals surface area contributed by atoms with E-state index < -0.39 is 10.0 Å². The fourth-order valence-corrected chi connectivity index (χ4v) is 5.09. The first-order valence-electron chi connectivity index (χ1n) is 8.89. The van der Waals surface area contributed by atoms with Crippen LogP contribution in [0.3, 0.4) is 0 Å². The molecule has 1 N–H and O–H groups in total. The molecular formula is C20H24BrNO3S. The van der Waals surface area contributed by atoms with Crippen LogP contribution in [0.4, 0.5) is 0 Å². The molecule has 3 rings (SSSR count). The largest absolute Gasteiger partial charge is 0.487 e. The molecule has 4 nitrogen and oxygen atoms in total. The van der Waals surface area contributed by atoms with Crippen LogP contribution < -0.4 is 9.46 Å². The summed E-state index contributed by atoms with van der Waals surface area (Å²) in [4.78, 5) is 0. The Morgan fingerprint density at radius 1 is 1.12 bits per heavy atom. The van der Waals surface area contributed by atoms with Gasteiger partial charge in [-0.25, -0.2) is 13.1 Å². The topological polar surface area (TPSA) is 55.4 Å². The number of ether oxygens (including phenoxy) is 1. The molecule has 2 aromatic rings. The molecule has 1 atom stereocenters. The maximum absolute atomic E-state index is 12.8. The van der Waals surface area contributed by atoms with E-state index in [1.54, 1.807) is 0 Å². The number of para-hydroxylation sites is 1. The van der Waals surface area contributed by atoms with E-state index in [1.807, 2.05) is 48.5 Å². The van der Waals surface area contributed by atoms with Crippen LogP contribution in [-0.4, -0.2) is 14.0 Å². The summed E-state index contributed by atoms with van der Waals surface area (Å²) >= 11 is 3.37. The standard InChI is InChI=1S/C20H24BrNO3S/c1-3-20(4-2)13-18(17-7-5-6-8-19(17)25-20)22-26(23,24)14-15-9-11-16(21)12-10-15/h5-12,18,22H,3-4,13-14H2,1-2H3/t18-/m1/s1. The predicted molar refractivity (Wildman–Crippen MR) is 108 cm³/mol. The Kier molecular flexibility index (Phi) is 5.75. The zero-order chi connectivity index (χ0) is 18.8. The minimum absolute atomic E-state index is 0.0367. The third-order valence-corrected chi connectivity index (χ3v) is 6.96. The average Bonchev–Trinajstić information content (AvgIpc) is 2.63. The first kappa shape index (κ1) is 19.4. The summed E-state index contributed by atoms with van der Waals surface area (Å²) in [6.45, 7) is 4.18. The Balaban J connectivity index is 1.86. The van der Waals surface area contributed by atoms with Crippen molar-refractivity contribution >= 4 is 26.0 Å². The molecule has 0 aliphatic carbocycles. The van der Waals surface area contributed by atoms with E-state index >= 15 is 0 Å². The second kappa shape index (κ2) is 7.71. The van der Waals surface area contributed by atoms with Gasteiger partial charge in [0.25, 0.3) is 0 Å². The van der Waals surface area contributed by atoms with Crippen molar-refractivity contribution in [3.63, 3.8) is 0 Å². The predicted octanol–water partition coefficient (Wildman–Crippen LogP) is 4.95. The number of nitrogens with one attached hydrogen (secondary N) is 1. The maximum Gasteiger partial charge on any atom is 0.216 e. The highest BCUT2D eigenvalue weighted by Crippen LogP contribution is 2.42. The van der Waals surface area contributed by atoms with Crippen LogP contribution >= 0.6 is 15.9 Å². The Morgan fingerprint density at radius 3 is 2.42 bits per heavy atom. The average molecular weight is 438 g/mol. The van der Waals surface area contributed by atoms with E-state index in [9.17, 15) is 8.42 Å². The molecule has 0 aromatic heterocycles. The van der Waals surface area contributed by atoms with Gasteiger partial charge in [-0.2, -0.15) is 0 Å². The van der Waals surface area contributed by atoms with Gasteiger partial charge in [0.05, 0.1) is 11.8 Å². The molecule has 6 heteroatoms. The van der Waals surface area contributed by atoms with Crippen molar-refractivity contribution in [2.45, 2.75) is 50.5 Å². The molecule has 0 unspecified atom stereocenters. The van der Waals surface area contributed by atoms with Crippen LogP contribution in [0.2, 0.25) is 0 Å². The zero-order valence-electron chi connectivity index (χ0n) is 15.0. The van der Waals surface area contributed by atoms with Crippen molar-refractivity contribution in [3.8, 4) is 5.75 Å². The molecule has 0 saturated carbocycles. The fourth-order valence-electron chi connectivity index (χ4n) is 3.46. The quantitative estimate of drug-likeness (QED) is 0.694. The number of hydrogen-bond donors (Lipinski definition) is 1. The summed E-state index contributed by atoms with van der Waals surface area (Å²) in [5, 5.41) is 0. The minimum Gasteiger partial charge on any atom is -0.487 e. The molecular weight excluding hydrogens is 414 g/mol. The van der Waals surface area contributed by atoms with Gasteiger partial charge in [-0.05, 0) is 36.6 Å². The number of hydrogen-bond acceptors (Lipinski definition) is 3. The van der Waals surface area contributed by atoms with Gasteiger partial charge in [-0.3, -0.25) is 0 Å². The van der Waals surface area contributed by atoms with Crippen LogP contribution in [-0.2, 0) is 15.8 Å². The molecule has 0 bridgehead atoms. The van der Waals surface area contributed by atoms with Gasteiger partial charge in [0.1, 0.15) is 11.4 Å². The van der Waals surface area contributed by atoms with Crippen molar-refractivity contribution in [2.24, 2.45) is 0 Å². The van der Waals surface area contributed by atoms with Gasteiger partial charge >= 0.3 is 0 Å². The third kappa shape index (κ3) is 4.30. The van der Waals surface area contributed by atoms with Crippen LogP contribution in [0.25, 0.3) is 0 Å². The smallest absolute Gasteiger partial charge is 0.216 e. The summed E-state index contributed by atoms with van der Waals surface area (Å²) in [5.41, 5.74) is 1.33. The molecule has 1 aliphatic heterocycles. The Bertz CT molecular complexity index is 861. The van der Waals surface area contributed by atoms with E-state index in [0.29, 0.717) is 6.42 Å². The van der Waals surface area contributed by atoms with Gasteiger partial charge in [0, 0.05) is 16.5 Å². The third-order valence-electron chi connectivity index (χ3n) is 5.08. The SMILES string of the molecule is CCC1(CC)C[C@@H](NS(=O)(=O)Cc2ccc(Br)cc2)c2ccccc2O1. The second-order valence-electron chi connectivity index (χ2n) is 6.79. The van der Waals surface area contributed by atoms with E-state index in [4.69, 9.17) is 4.74 Å². The number of rotatable bonds is 6. The molecule has 0 amide bonds. The fraction of sp³-hybridized carbons (Fsp3) is 0.400. The van der Waals surface area contributed by atoms with Gasteiger partial charge < -0.3 is 4.74 Å². The zero-order valence-corrected chi connectivity index (χ0v) is 17.4. The highest BCUT2D eigenvalue weighted by Gasteiger charge is 2.39. The first-order chi connectivity index (χ1) is 12.4. The number of sulfonamides is 1. The molecule has 1 heterocycles. The molecule has 26 heavy (non-hydrogen) atoms. The number of fused-ring (bicyclic) bond motifs is 1. The van der Waals surface area contributed by atoms with Crippen LogP contribution in [0.1, 0.15) is 50.3 Å². The van der Waals surface area contributed by atoms with E-state index in [0.717, 1.165) is 34.2 Å². The summed E-state index contributed by atoms with van der Waals surface area (Å²) in [7, 11) is -3.48. The lowest BCUT2D eigenvalue weighted by molar-refractivity contribution is 0.0260. The van der Waals surface area contributed by atoms with Gasteiger partial charge in [0.15, 0.2) is 0 Å². The second-order valence-corrected chi connectivity index (χ2v) is 9.46. The molecule has 140 valence electrons. The van der Waals surface area contributed by atoms with Crippen molar-refractivity contribution < 1.29 is 13.2 Å². The number of benzene rings is 2. The highest BCUT2D eigenvalue weighted by atomic mass is 79.9.